The van der Waals surface area contributed by atoms with E-state index in [1.54, 1.807) is 24.3 Å². The lowest BCUT2D eigenvalue weighted by Crippen LogP contribution is -2.38. The Kier molecular flexibility index (Phi) is 7.35. The fourth-order valence-corrected chi connectivity index (χ4v) is 4.53. The second-order valence-electron chi connectivity index (χ2n) is 7.04. The molecule has 7 nitrogen and oxygen atoms in total. The highest BCUT2D eigenvalue weighted by atomic mass is 35.5. The van der Waals surface area contributed by atoms with Crippen molar-refractivity contribution in [1.29, 1.82) is 0 Å². The van der Waals surface area contributed by atoms with Crippen molar-refractivity contribution in [3.63, 3.8) is 0 Å². The van der Waals surface area contributed by atoms with Crippen LogP contribution in [0.15, 0.2) is 71.6 Å². The first-order valence-corrected chi connectivity index (χ1v) is 11.5. The van der Waals surface area contributed by atoms with Gasteiger partial charge >= 0.3 is 5.97 Å². The Bertz CT molecular complexity index is 1280. The number of rotatable bonds is 7. The molecule has 0 radical (unpaired) electrons. The molecular weight excluding hydrogens is 471 g/mol. The Labute approximate surface area is 195 Å². The molecule has 0 aliphatic heterocycles. The number of ether oxygens (including phenoxy) is 1. The lowest BCUT2D eigenvalue weighted by atomic mass is 10.2. The van der Waals surface area contributed by atoms with Crippen molar-refractivity contribution in [2.75, 3.05) is 23.3 Å². The molecule has 0 unspecified atom stereocenters. The van der Waals surface area contributed by atoms with Gasteiger partial charge in [0.25, 0.3) is 10.0 Å². The van der Waals surface area contributed by atoms with Gasteiger partial charge < -0.3 is 10.1 Å². The van der Waals surface area contributed by atoms with Gasteiger partial charge in [-0.1, -0.05) is 29.3 Å². The molecule has 33 heavy (non-hydrogen) atoms. The predicted molar refractivity (Wildman–Crippen MR) is 124 cm³/mol. The van der Waals surface area contributed by atoms with E-state index in [1.165, 1.54) is 25.3 Å². The van der Waals surface area contributed by atoms with Crippen LogP contribution >= 0.6 is 11.6 Å². The SMILES string of the molecule is COC(=O)c1ccc(Cl)c(NC(=O)CN(c2ccc(C)cc2)S(=O)(=O)c2ccc(F)cc2)c1. The number of hydrogen-bond donors (Lipinski definition) is 1. The van der Waals surface area contributed by atoms with E-state index >= 15 is 0 Å². The molecule has 0 aliphatic rings. The minimum atomic E-state index is -4.21. The molecule has 0 atom stereocenters. The van der Waals surface area contributed by atoms with Gasteiger partial charge in [0.05, 0.1) is 34.0 Å². The van der Waals surface area contributed by atoms with E-state index in [-0.39, 0.29) is 26.9 Å². The number of nitrogens with one attached hydrogen (secondary N) is 1. The Morgan fingerprint density at radius 3 is 2.27 bits per heavy atom. The van der Waals surface area contributed by atoms with E-state index in [0.29, 0.717) is 0 Å². The van der Waals surface area contributed by atoms with Crippen LogP contribution in [0.25, 0.3) is 0 Å². The zero-order chi connectivity index (χ0) is 24.2. The van der Waals surface area contributed by atoms with Gasteiger partial charge in [0.15, 0.2) is 0 Å². The Morgan fingerprint density at radius 1 is 1.03 bits per heavy atom. The van der Waals surface area contributed by atoms with E-state index in [2.05, 4.69) is 10.1 Å². The number of anilines is 2. The lowest BCUT2D eigenvalue weighted by molar-refractivity contribution is -0.114. The normalized spacial score (nSPS) is 11.0. The summed E-state index contributed by atoms with van der Waals surface area (Å²) >= 11 is 6.13. The summed E-state index contributed by atoms with van der Waals surface area (Å²) in [6, 6.07) is 15.0. The fraction of sp³-hybridized carbons (Fsp3) is 0.130. The average Bonchev–Trinajstić information content (AvgIpc) is 2.79. The molecule has 0 saturated heterocycles. The number of nitrogens with zero attached hydrogens (tertiary/aromatic N) is 1. The number of hydrogen-bond acceptors (Lipinski definition) is 5. The first kappa shape index (κ1) is 24.2. The third-order valence-corrected chi connectivity index (χ3v) is 6.79. The van der Waals surface area contributed by atoms with Crippen molar-refractivity contribution in [2.45, 2.75) is 11.8 Å². The molecule has 0 heterocycles. The summed E-state index contributed by atoms with van der Waals surface area (Å²) in [7, 11) is -2.99. The van der Waals surface area contributed by atoms with Gasteiger partial charge in [-0.15, -0.1) is 0 Å². The molecule has 172 valence electrons. The van der Waals surface area contributed by atoms with Crippen LogP contribution in [-0.4, -0.2) is 33.9 Å². The zero-order valence-electron chi connectivity index (χ0n) is 17.7. The Balaban J connectivity index is 1.94. The number of esters is 1. The Morgan fingerprint density at radius 2 is 1.67 bits per heavy atom. The molecule has 1 amide bonds. The summed E-state index contributed by atoms with van der Waals surface area (Å²) in [6.45, 7) is 1.24. The molecule has 1 N–H and O–H groups in total. The van der Waals surface area contributed by atoms with Gasteiger partial charge in [-0.25, -0.2) is 17.6 Å². The standard InChI is InChI=1S/C23H20ClFN2O5S/c1-15-3-8-18(9-4-15)27(33(30,31)19-10-6-17(25)7-11-19)14-22(28)26-21-13-16(23(29)32-2)5-12-20(21)24/h3-13H,14H2,1-2H3,(H,26,28). The number of amides is 1. The highest BCUT2D eigenvalue weighted by molar-refractivity contribution is 7.92. The number of carbonyl (C=O) groups is 2. The average molecular weight is 491 g/mol. The topological polar surface area (TPSA) is 92.8 Å². The van der Waals surface area contributed by atoms with Crippen LogP contribution in [0.5, 0.6) is 0 Å². The van der Waals surface area contributed by atoms with Crippen LogP contribution in [-0.2, 0) is 19.6 Å². The molecule has 3 aromatic carbocycles. The quantitative estimate of drug-likeness (QED) is 0.495. The zero-order valence-corrected chi connectivity index (χ0v) is 19.3. The van der Waals surface area contributed by atoms with Gasteiger partial charge in [0.2, 0.25) is 5.91 Å². The van der Waals surface area contributed by atoms with Crippen molar-refractivity contribution in [3.8, 4) is 0 Å². The minimum absolute atomic E-state index is 0.118. The summed E-state index contributed by atoms with van der Waals surface area (Å²) in [5, 5.41) is 2.68. The van der Waals surface area contributed by atoms with Crippen molar-refractivity contribution in [3.05, 3.63) is 88.7 Å². The maximum atomic E-state index is 13.3. The summed E-state index contributed by atoms with van der Waals surface area (Å²) in [5.41, 5.74) is 1.42. The van der Waals surface area contributed by atoms with Crippen LogP contribution < -0.4 is 9.62 Å². The van der Waals surface area contributed by atoms with Crippen LogP contribution in [0.3, 0.4) is 0 Å². The van der Waals surface area contributed by atoms with E-state index in [1.807, 2.05) is 6.92 Å². The van der Waals surface area contributed by atoms with Crippen molar-refractivity contribution >= 4 is 44.9 Å². The van der Waals surface area contributed by atoms with Gasteiger partial charge in [-0.05, 0) is 61.5 Å². The summed E-state index contributed by atoms with van der Waals surface area (Å²) in [4.78, 5) is 24.4. The molecule has 0 fully saturated rings. The molecule has 0 spiro atoms. The largest absolute Gasteiger partial charge is 0.465 e. The van der Waals surface area contributed by atoms with Gasteiger partial charge in [-0.2, -0.15) is 0 Å². The van der Waals surface area contributed by atoms with Crippen molar-refractivity contribution in [1.82, 2.24) is 0 Å². The highest BCUT2D eigenvalue weighted by Crippen LogP contribution is 2.26. The smallest absolute Gasteiger partial charge is 0.337 e. The van der Waals surface area contributed by atoms with E-state index in [0.717, 1.165) is 34.1 Å². The fourth-order valence-electron chi connectivity index (χ4n) is 2.95. The van der Waals surface area contributed by atoms with E-state index < -0.39 is 34.3 Å². The number of halogens is 2. The summed E-state index contributed by atoms with van der Waals surface area (Å²) < 4.78 is 45.5. The molecule has 0 saturated carbocycles. The summed E-state index contributed by atoms with van der Waals surface area (Å²) in [6.07, 6.45) is 0. The maximum Gasteiger partial charge on any atom is 0.337 e. The first-order valence-electron chi connectivity index (χ1n) is 9.64. The van der Waals surface area contributed by atoms with Crippen molar-refractivity contribution < 1.29 is 27.1 Å². The number of benzene rings is 3. The molecule has 0 bridgehead atoms. The first-order chi connectivity index (χ1) is 15.6. The monoisotopic (exact) mass is 490 g/mol. The Hall–Kier alpha value is -3.43. The second-order valence-corrected chi connectivity index (χ2v) is 9.31. The number of carbonyl (C=O) groups excluding carboxylic acids is 2. The van der Waals surface area contributed by atoms with Gasteiger partial charge in [-0.3, -0.25) is 9.10 Å². The third-order valence-electron chi connectivity index (χ3n) is 4.67. The molecule has 0 aromatic heterocycles. The summed E-state index contributed by atoms with van der Waals surface area (Å²) in [5.74, 6) is -1.92. The molecule has 10 heteroatoms. The third kappa shape index (κ3) is 5.68. The van der Waals surface area contributed by atoms with Crippen LogP contribution in [0.1, 0.15) is 15.9 Å². The van der Waals surface area contributed by atoms with E-state index in [4.69, 9.17) is 11.6 Å². The number of sulfonamides is 1. The molecular formula is C23H20ClFN2O5S. The van der Waals surface area contributed by atoms with Crippen LogP contribution in [0, 0.1) is 12.7 Å². The van der Waals surface area contributed by atoms with E-state index in [9.17, 15) is 22.4 Å². The molecule has 3 aromatic rings. The number of methoxy groups -OCH3 is 1. The lowest BCUT2D eigenvalue weighted by Gasteiger charge is -2.24. The van der Waals surface area contributed by atoms with Crippen LogP contribution in [0.4, 0.5) is 15.8 Å². The second kappa shape index (κ2) is 10.0. The van der Waals surface area contributed by atoms with Gasteiger partial charge in [0.1, 0.15) is 12.4 Å². The minimum Gasteiger partial charge on any atom is -0.465 e. The molecule has 3 rings (SSSR count). The maximum absolute atomic E-state index is 13.3. The van der Waals surface area contributed by atoms with Crippen molar-refractivity contribution in [2.24, 2.45) is 0 Å². The highest BCUT2D eigenvalue weighted by Gasteiger charge is 2.27. The van der Waals surface area contributed by atoms with Crippen LogP contribution in [0.2, 0.25) is 5.02 Å². The van der Waals surface area contributed by atoms with Gasteiger partial charge in [0, 0.05) is 0 Å². The molecule has 0 aliphatic carbocycles. The number of aryl methyl sites for hydroxylation is 1. The predicted octanol–water partition coefficient (Wildman–Crippen LogP) is 4.41.